The minimum atomic E-state index is -1.17. The Labute approximate surface area is 196 Å². The molecule has 1 aromatic rings. The van der Waals surface area contributed by atoms with E-state index in [-0.39, 0.29) is 5.78 Å². The van der Waals surface area contributed by atoms with Gasteiger partial charge < -0.3 is 28.4 Å². The number of carbonyl (C=O) groups excluding carboxylic acids is 1. The summed E-state index contributed by atoms with van der Waals surface area (Å²) < 4.78 is 34.9. The number of ketones is 1. The lowest BCUT2D eigenvalue weighted by atomic mass is 9.93. The summed E-state index contributed by atoms with van der Waals surface area (Å²) in [6.45, 7) is 11.6. The molecular weight excluding hydrogens is 424 g/mol. The normalized spacial score (nSPS) is 20.4. The van der Waals surface area contributed by atoms with E-state index in [1.807, 2.05) is 40.7 Å². The molecular formula is C26H36O7. The number of carbonyl (C=O) groups is 1. The number of benzene rings is 1. The molecule has 1 aliphatic rings. The van der Waals surface area contributed by atoms with Crippen LogP contribution in [0.5, 0.6) is 11.5 Å². The first-order valence-electron chi connectivity index (χ1n) is 11.5. The summed E-state index contributed by atoms with van der Waals surface area (Å²) in [6, 6.07) is 5.33. The van der Waals surface area contributed by atoms with E-state index in [0.29, 0.717) is 61.4 Å². The highest BCUT2D eigenvalue weighted by Gasteiger charge is 2.44. The summed E-state index contributed by atoms with van der Waals surface area (Å²) in [5.74, 6) is 0.123. The van der Waals surface area contributed by atoms with Gasteiger partial charge >= 0.3 is 0 Å². The Hall–Kier alpha value is -2.61. The largest absolute Gasteiger partial charge is 0.494 e. The van der Waals surface area contributed by atoms with Crippen molar-refractivity contribution in [2.24, 2.45) is 0 Å². The van der Waals surface area contributed by atoms with Crippen LogP contribution in [0.15, 0.2) is 53.8 Å². The predicted octanol–water partition coefficient (Wildman–Crippen LogP) is 4.87. The Kier molecular flexibility index (Phi) is 10.6. The van der Waals surface area contributed by atoms with Crippen LogP contribution in [0.3, 0.4) is 0 Å². The third kappa shape index (κ3) is 6.47. The summed E-state index contributed by atoms with van der Waals surface area (Å²) in [7, 11) is 1.56. The Balaban J connectivity index is 2.49. The molecule has 0 saturated carbocycles. The van der Waals surface area contributed by atoms with Crippen molar-refractivity contribution in [2.75, 3.05) is 40.1 Å². The lowest BCUT2D eigenvalue weighted by Crippen LogP contribution is -2.49. The maximum atomic E-state index is 13.3. The van der Waals surface area contributed by atoms with Crippen molar-refractivity contribution in [3.63, 3.8) is 0 Å². The van der Waals surface area contributed by atoms with Gasteiger partial charge in [0.2, 0.25) is 5.79 Å². The third-order valence-electron chi connectivity index (χ3n) is 4.92. The van der Waals surface area contributed by atoms with Gasteiger partial charge in [-0.2, -0.15) is 0 Å². The molecule has 0 N–H and O–H groups in total. The zero-order chi connectivity index (χ0) is 24.3. The fourth-order valence-electron chi connectivity index (χ4n) is 3.68. The summed E-state index contributed by atoms with van der Waals surface area (Å²) in [4.78, 5) is 13.3. The Morgan fingerprint density at radius 2 is 1.58 bits per heavy atom. The van der Waals surface area contributed by atoms with E-state index in [9.17, 15) is 4.79 Å². The molecule has 1 aromatic carbocycles. The molecule has 0 fully saturated rings. The van der Waals surface area contributed by atoms with Crippen LogP contribution >= 0.6 is 0 Å². The van der Waals surface area contributed by atoms with Crippen molar-refractivity contribution in [3.05, 3.63) is 59.4 Å². The van der Waals surface area contributed by atoms with E-state index in [4.69, 9.17) is 28.4 Å². The Morgan fingerprint density at radius 1 is 0.939 bits per heavy atom. The van der Waals surface area contributed by atoms with E-state index in [1.165, 1.54) is 6.08 Å². The van der Waals surface area contributed by atoms with Gasteiger partial charge in [-0.15, -0.1) is 0 Å². The van der Waals surface area contributed by atoms with Crippen molar-refractivity contribution in [2.45, 2.75) is 46.5 Å². The van der Waals surface area contributed by atoms with Crippen LogP contribution in [0.4, 0.5) is 0 Å². The first-order valence-corrected chi connectivity index (χ1v) is 11.5. The standard InChI is InChI=1S/C26H36O7/c1-7-29-20-17-19(25(32-10-4)26(18-20,28-6)33-11-5)15-16-21(27)24-22(30-8-2)13-12-14-23(24)31-9-3/h12-18,25H,7-11H2,1-6H3/b16-15+. The number of methoxy groups -OCH3 is 1. The maximum Gasteiger partial charge on any atom is 0.222 e. The minimum absolute atomic E-state index is 0.245. The van der Waals surface area contributed by atoms with Gasteiger partial charge in [0.1, 0.15) is 28.9 Å². The zero-order valence-corrected chi connectivity index (χ0v) is 20.5. The van der Waals surface area contributed by atoms with Crippen molar-refractivity contribution < 1.29 is 33.2 Å². The average molecular weight is 461 g/mol. The first-order chi connectivity index (χ1) is 16.0. The second-order valence-corrected chi connectivity index (χ2v) is 7.01. The van der Waals surface area contributed by atoms with E-state index in [2.05, 4.69) is 0 Å². The van der Waals surface area contributed by atoms with Crippen LogP contribution < -0.4 is 9.47 Å². The smallest absolute Gasteiger partial charge is 0.222 e. The van der Waals surface area contributed by atoms with Crippen LogP contribution in [0, 0.1) is 0 Å². The van der Waals surface area contributed by atoms with Crippen LogP contribution in [-0.2, 0) is 18.9 Å². The lowest BCUT2D eigenvalue weighted by Gasteiger charge is -2.39. The van der Waals surface area contributed by atoms with Crippen molar-refractivity contribution in [3.8, 4) is 11.5 Å². The van der Waals surface area contributed by atoms with Crippen molar-refractivity contribution in [1.29, 1.82) is 0 Å². The molecule has 33 heavy (non-hydrogen) atoms. The van der Waals surface area contributed by atoms with Crippen LogP contribution in [-0.4, -0.2) is 57.8 Å². The summed E-state index contributed by atoms with van der Waals surface area (Å²) in [5.41, 5.74) is 1.07. The highest BCUT2D eigenvalue weighted by Crippen LogP contribution is 2.35. The van der Waals surface area contributed by atoms with Gasteiger partial charge in [-0.05, 0) is 64.5 Å². The maximum absolute atomic E-state index is 13.3. The molecule has 7 heteroatoms. The monoisotopic (exact) mass is 460 g/mol. The van der Waals surface area contributed by atoms with E-state index < -0.39 is 11.9 Å². The fraction of sp³-hybridized carbons (Fsp3) is 0.500. The van der Waals surface area contributed by atoms with Gasteiger partial charge in [-0.25, -0.2) is 0 Å². The molecule has 2 atom stereocenters. The minimum Gasteiger partial charge on any atom is -0.494 e. The second-order valence-electron chi connectivity index (χ2n) is 7.01. The Bertz CT molecular complexity index is 847. The number of hydrogen-bond donors (Lipinski definition) is 0. The van der Waals surface area contributed by atoms with Gasteiger partial charge in [-0.1, -0.05) is 12.1 Å². The number of ether oxygens (including phenoxy) is 6. The van der Waals surface area contributed by atoms with Crippen LogP contribution in [0.2, 0.25) is 0 Å². The first kappa shape index (κ1) is 26.6. The number of hydrogen-bond acceptors (Lipinski definition) is 7. The topological polar surface area (TPSA) is 72.5 Å². The zero-order valence-electron chi connectivity index (χ0n) is 20.5. The molecule has 0 radical (unpaired) electrons. The molecule has 2 rings (SSSR count). The Morgan fingerprint density at radius 3 is 2.09 bits per heavy atom. The molecule has 0 bridgehead atoms. The fourth-order valence-corrected chi connectivity index (χ4v) is 3.68. The highest BCUT2D eigenvalue weighted by molar-refractivity contribution is 6.08. The number of rotatable bonds is 14. The van der Waals surface area contributed by atoms with Gasteiger partial charge in [0.05, 0.1) is 19.8 Å². The molecule has 0 spiro atoms. The lowest BCUT2D eigenvalue weighted by molar-refractivity contribution is -0.240. The highest BCUT2D eigenvalue weighted by atomic mass is 16.7. The molecule has 182 valence electrons. The summed E-state index contributed by atoms with van der Waals surface area (Å²) in [5, 5.41) is 0. The van der Waals surface area contributed by atoms with Crippen molar-refractivity contribution in [1.82, 2.24) is 0 Å². The quantitative estimate of drug-likeness (QED) is 0.223. The number of allylic oxidation sites excluding steroid dienone is 2. The second kappa shape index (κ2) is 13.2. The SMILES string of the molecule is CCOC1=CC(OC)(OCC)C(OCC)C(/C=C/C(=O)c2c(OCC)cccc2OCC)=C1. The predicted molar refractivity (Wildman–Crippen MR) is 127 cm³/mol. The van der Waals surface area contributed by atoms with Gasteiger partial charge in [0.25, 0.3) is 0 Å². The van der Waals surface area contributed by atoms with E-state index in [1.54, 1.807) is 37.5 Å². The van der Waals surface area contributed by atoms with Gasteiger partial charge in [-0.3, -0.25) is 4.79 Å². The summed E-state index contributed by atoms with van der Waals surface area (Å²) >= 11 is 0. The van der Waals surface area contributed by atoms with Gasteiger partial charge in [0.15, 0.2) is 5.78 Å². The average Bonchev–Trinajstić information content (AvgIpc) is 2.80. The molecule has 0 amide bonds. The molecule has 0 saturated heterocycles. The molecule has 0 heterocycles. The van der Waals surface area contributed by atoms with E-state index >= 15 is 0 Å². The summed E-state index contributed by atoms with van der Waals surface area (Å²) in [6.07, 6.45) is 6.22. The molecule has 0 aliphatic heterocycles. The molecule has 2 unspecified atom stereocenters. The van der Waals surface area contributed by atoms with E-state index in [0.717, 1.165) is 0 Å². The molecule has 0 aromatic heterocycles. The van der Waals surface area contributed by atoms with Gasteiger partial charge in [0, 0.05) is 26.4 Å². The third-order valence-corrected chi connectivity index (χ3v) is 4.92. The van der Waals surface area contributed by atoms with Crippen LogP contribution in [0.25, 0.3) is 0 Å². The molecule has 1 aliphatic carbocycles. The van der Waals surface area contributed by atoms with Crippen molar-refractivity contribution >= 4 is 5.78 Å². The molecule has 7 nitrogen and oxygen atoms in total. The van der Waals surface area contributed by atoms with Crippen LogP contribution in [0.1, 0.15) is 45.0 Å².